The summed E-state index contributed by atoms with van der Waals surface area (Å²) in [6, 6.07) is -0.691. The van der Waals surface area contributed by atoms with Crippen LogP contribution in [0.4, 0.5) is 0 Å². The van der Waals surface area contributed by atoms with Crippen LogP contribution in [0.15, 0.2) is 0 Å². The molecule has 2 atom stereocenters. The van der Waals surface area contributed by atoms with Gasteiger partial charge in [0.2, 0.25) is 0 Å². The van der Waals surface area contributed by atoms with E-state index < -0.39 is 12.0 Å². The lowest BCUT2D eigenvalue weighted by Crippen LogP contribution is -2.30. The van der Waals surface area contributed by atoms with Crippen molar-refractivity contribution < 1.29 is 9.90 Å². The maximum Gasteiger partial charge on any atom is 0.320 e. The van der Waals surface area contributed by atoms with Crippen molar-refractivity contribution in [3.05, 3.63) is 0 Å². The molecule has 0 bridgehead atoms. The number of aliphatic carboxylic acids is 1. The minimum Gasteiger partial charge on any atom is -0.480 e. The Labute approximate surface area is 103 Å². The fourth-order valence-electron chi connectivity index (χ4n) is 1.48. The summed E-state index contributed by atoms with van der Waals surface area (Å²) in [7, 11) is 0. The molecule has 2 unspecified atom stereocenters. The van der Waals surface area contributed by atoms with E-state index in [1.165, 1.54) is 25.7 Å². The van der Waals surface area contributed by atoms with E-state index >= 15 is 0 Å². The number of hydrogen-bond donors (Lipinski definition) is 2. The second kappa shape index (κ2) is 9.97. The van der Waals surface area contributed by atoms with Crippen molar-refractivity contribution in [3.63, 3.8) is 0 Å². The zero-order chi connectivity index (χ0) is 12.4. The van der Waals surface area contributed by atoms with E-state index in [1.807, 2.05) is 11.8 Å². The number of rotatable bonds is 10. The topological polar surface area (TPSA) is 63.3 Å². The van der Waals surface area contributed by atoms with Gasteiger partial charge < -0.3 is 10.8 Å². The maximum absolute atomic E-state index is 10.5. The smallest absolute Gasteiger partial charge is 0.320 e. The molecule has 0 saturated heterocycles. The van der Waals surface area contributed by atoms with Crippen molar-refractivity contribution in [2.45, 2.75) is 52.0 Å². The van der Waals surface area contributed by atoms with Crippen LogP contribution < -0.4 is 5.73 Å². The molecule has 0 amide bonds. The molecule has 0 radical (unpaired) electrons. The van der Waals surface area contributed by atoms with E-state index in [0.717, 1.165) is 17.4 Å². The fourth-order valence-corrected chi connectivity index (χ4v) is 2.80. The summed E-state index contributed by atoms with van der Waals surface area (Å²) < 4.78 is 0. The highest BCUT2D eigenvalue weighted by Crippen LogP contribution is 2.19. The Morgan fingerprint density at radius 2 is 2.06 bits per heavy atom. The predicted molar refractivity (Wildman–Crippen MR) is 70.9 cm³/mol. The Bertz CT molecular complexity index is 188. The van der Waals surface area contributed by atoms with E-state index in [9.17, 15) is 4.79 Å². The van der Waals surface area contributed by atoms with Crippen molar-refractivity contribution in [2.75, 3.05) is 11.5 Å². The zero-order valence-electron chi connectivity index (χ0n) is 10.4. The summed E-state index contributed by atoms with van der Waals surface area (Å²) in [6.07, 6.45) is 5.64. The molecular formula is C12H25NO2S. The van der Waals surface area contributed by atoms with Crippen molar-refractivity contribution in [2.24, 2.45) is 11.7 Å². The average molecular weight is 247 g/mol. The fraction of sp³-hybridized carbons (Fsp3) is 0.917. The summed E-state index contributed by atoms with van der Waals surface area (Å²) >= 11 is 1.84. The molecule has 3 N–H and O–H groups in total. The lowest BCUT2D eigenvalue weighted by Gasteiger charge is -2.14. The van der Waals surface area contributed by atoms with Gasteiger partial charge in [0.05, 0.1) is 0 Å². The normalized spacial score (nSPS) is 14.7. The first-order chi connectivity index (χ1) is 7.61. The van der Waals surface area contributed by atoms with Crippen molar-refractivity contribution in [1.82, 2.24) is 0 Å². The average Bonchev–Trinajstić information content (AvgIpc) is 2.27. The number of nitrogens with two attached hydrogens (primary N) is 1. The van der Waals surface area contributed by atoms with Crippen LogP contribution in [-0.4, -0.2) is 28.6 Å². The van der Waals surface area contributed by atoms with Crippen LogP contribution in [0, 0.1) is 5.92 Å². The highest BCUT2D eigenvalue weighted by molar-refractivity contribution is 7.99. The lowest BCUT2D eigenvalue weighted by atomic mass is 10.0. The molecule has 0 aromatic heterocycles. The number of thioether (sulfide) groups is 1. The second-order valence-corrected chi connectivity index (χ2v) is 5.37. The number of carbonyl (C=O) groups is 1. The highest BCUT2D eigenvalue weighted by Gasteiger charge is 2.11. The molecule has 0 rings (SSSR count). The number of carboxylic acid groups (broad SMARTS) is 1. The van der Waals surface area contributed by atoms with Gasteiger partial charge >= 0.3 is 5.97 Å². The molecule has 16 heavy (non-hydrogen) atoms. The van der Waals surface area contributed by atoms with Crippen LogP contribution in [0.2, 0.25) is 0 Å². The van der Waals surface area contributed by atoms with E-state index in [2.05, 4.69) is 13.8 Å². The van der Waals surface area contributed by atoms with Gasteiger partial charge in [0.15, 0.2) is 0 Å². The van der Waals surface area contributed by atoms with Gasteiger partial charge in [-0.1, -0.05) is 33.1 Å². The first-order valence-corrected chi connectivity index (χ1v) is 7.33. The van der Waals surface area contributed by atoms with Crippen molar-refractivity contribution >= 4 is 17.7 Å². The first-order valence-electron chi connectivity index (χ1n) is 6.17. The van der Waals surface area contributed by atoms with Crippen molar-refractivity contribution in [1.29, 1.82) is 0 Å². The lowest BCUT2D eigenvalue weighted by molar-refractivity contribution is -0.138. The van der Waals surface area contributed by atoms with Gasteiger partial charge in [0.1, 0.15) is 6.04 Å². The number of unbranched alkanes of at least 4 members (excludes halogenated alkanes) is 1. The Hall–Kier alpha value is -0.220. The van der Waals surface area contributed by atoms with Gasteiger partial charge in [-0.2, -0.15) is 11.8 Å². The molecular weight excluding hydrogens is 222 g/mol. The third-order valence-corrected chi connectivity index (χ3v) is 4.02. The molecule has 0 fully saturated rings. The molecule has 0 saturated carbocycles. The summed E-state index contributed by atoms with van der Waals surface area (Å²) in [5.74, 6) is 1.89. The first kappa shape index (κ1) is 15.8. The van der Waals surface area contributed by atoms with Crippen LogP contribution in [0.5, 0.6) is 0 Å². The molecule has 0 heterocycles. The van der Waals surface area contributed by atoms with E-state index in [1.54, 1.807) is 0 Å². The molecule has 0 aromatic carbocycles. The molecule has 0 aromatic rings. The van der Waals surface area contributed by atoms with Crippen LogP contribution in [0.25, 0.3) is 0 Å². The quantitative estimate of drug-likeness (QED) is 0.583. The molecule has 3 nitrogen and oxygen atoms in total. The Morgan fingerprint density at radius 3 is 2.56 bits per heavy atom. The summed E-state index contributed by atoms with van der Waals surface area (Å²) in [5.41, 5.74) is 5.43. The summed E-state index contributed by atoms with van der Waals surface area (Å²) in [6.45, 7) is 4.44. The van der Waals surface area contributed by atoms with Gasteiger partial charge in [0, 0.05) is 0 Å². The summed E-state index contributed by atoms with van der Waals surface area (Å²) in [5, 5.41) is 8.62. The molecule has 0 aliphatic rings. The third-order valence-electron chi connectivity index (χ3n) is 2.79. The van der Waals surface area contributed by atoms with E-state index in [0.29, 0.717) is 6.42 Å². The van der Waals surface area contributed by atoms with Gasteiger partial charge in [0.25, 0.3) is 0 Å². The monoisotopic (exact) mass is 247 g/mol. The summed E-state index contributed by atoms with van der Waals surface area (Å²) in [4.78, 5) is 10.5. The minimum absolute atomic E-state index is 0.574. The van der Waals surface area contributed by atoms with Gasteiger partial charge in [-0.15, -0.1) is 0 Å². The SMILES string of the molecule is CCCCC(CC)CSCCC(N)C(=O)O. The molecule has 0 aliphatic carbocycles. The molecule has 96 valence electrons. The Kier molecular flexibility index (Phi) is 9.83. The van der Waals surface area contributed by atoms with Crippen LogP contribution in [0.3, 0.4) is 0 Å². The van der Waals surface area contributed by atoms with Crippen LogP contribution >= 0.6 is 11.8 Å². The van der Waals surface area contributed by atoms with Gasteiger partial charge in [-0.25, -0.2) is 0 Å². The highest BCUT2D eigenvalue weighted by atomic mass is 32.2. The maximum atomic E-state index is 10.5. The number of hydrogen-bond acceptors (Lipinski definition) is 3. The van der Waals surface area contributed by atoms with E-state index in [4.69, 9.17) is 10.8 Å². The largest absolute Gasteiger partial charge is 0.480 e. The molecule has 4 heteroatoms. The Morgan fingerprint density at radius 1 is 1.38 bits per heavy atom. The molecule has 0 aliphatic heterocycles. The minimum atomic E-state index is -0.890. The van der Waals surface area contributed by atoms with Gasteiger partial charge in [-0.05, 0) is 30.3 Å². The predicted octanol–water partition coefficient (Wildman–Crippen LogP) is 2.74. The number of carboxylic acids is 1. The van der Waals surface area contributed by atoms with Gasteiger partial charge in [-0.3, -0.25) is 4.79 Å². The van der Waals surface area contributed by atoms with E-state index in [-0.39, 0.29) is 0 Å². The zero-order valence-corrected chi connectivity index (χ0v) is 11.3. The second-order valence-electron chi connectivity index (χ2n) is 4.22. The van der Waals surface area contributed by atoms with Crippen LogP contribution in [-0.2, 0) is 4.79 Å². The van der Waals surface area contributed by atoms with Crippen LogP contribution in [0.1, 0.15) is 46.0 Å². The third kappa shape index (κ3) is 7.99. The Balaban J connectivity index is 3.51. The van der Waals surface area contributed by atoms with Crippen molar-refractivity contribution in [3.8, 4) is 0 Å². The standard InChI is InChI=1S/C12H25NO2S/c1-3-5-6-10(4-2)9-16-8-7-11(13)12(14)15/h10-11H,3-9,13H2,1-2H3,(H,14,15). The molecule has 0 spiro atoms.